The molecule has 0 spiro atoms. The van der Waals surface area contributed by atoms with E-state index in [2.05, 4.69) is 4.74 Å². The van der Waals surface area contributed by atoms with E-state index in [1.807, 2.05) is 0 Å². The van der Waals surface area contributed by atoms with Gasteiger partial charge >= 0.3 is 6.16 Å². The van der Waals surface area contributed by atoms with E-state index in [-0.39, 0.29) is 6.17 Å². The SMILES string of the molecule is CC(N)N.CC(N)OC(=O)O. The highest BCUT2D eigenvalue weighted by Crippen LogP contribution is 1.78. The fourth-order valence-corrected chi connectivity index (χ4v) is 0.159. The molecule has 0 amide bonds. The van der Waals surface area contributed by atoms with Gasteiger partial charge in [-0.3, -0.25) is 5.73 Å². The maximum Gasteiger partial charge on any atom is 0.507 e. The second kappa shape index (κ2) is 7.26. The minimum atomic E-state index is -1.34. The van der Waals surface area contributed by atoms with Crippen LogP contribution in [0.15, 0.2) is 0 Å². The molecule has 0 fully saturated rings. The molecule has 0 heterocycles. The van der Waals surface area contributed by atoms with Crippen molar-refractivity contribution in [1.82, 2.24) is 0 Å². The zero-order valence-electron chi connectivity index (χ0n) is 6.65. The van der Waals surface area contributed by atoms with E-state index >= 15 is 0 Å². The van der Waals surface area contributed by atoms with Crippen molar-refractivity contribution in [3.63, 3.8) is 0 Å². The summed E-state index contributed by atoms with van der Waals surface area (Å²) in [7, 11) is 0. The van der Waals surface area contributed by atoms with Crippen molar-refractivity contribution in [2.24, 2.45) is 17.2 Å². The van der Waals surface area contributed by atoms with Gasteiger partial charge in [0.25, 0.3) is 0 Å². The Kier molecular flexibility index (Phi) is 8.44. The first-order chi connectivity index (χ1) is 4.86. The Hall–Kier alpha value is -0.850. The molecule has 0 bridgehead atoms. The Bertz CT molecular complexity index is 102. The molecule has 6 nitrogen and oxygen atoms in total. The van der Waals surface area contributed by atoms with Crippen molar-refractivity contribution in [2.45, 2.75) is 26.2 Å². The van der Waals surface area contributed by atoms with Crippen molar-refractivity contribution < 1.29 is 14.6 Å². The van der Waals surface area contributed by atoms with Gasteiger partial charge in [0.2, 0.25) is 0 Å². The molecule has 6 heteroatoms. The summed E-state index contributed by atoms with van der Waals surface area (Å²) in [4.78, 5) is 9.51. The molecule has 1 unspecified atom stereocenters. The summed E-state index contributed by atoms with van der Waals surface area (Å²) >= 11 is 0. The van der Waals surface area contributed by atoms with Gasteiger partial charge in [0.1, 0.15) is 0 Å². The Morgan fingerprint density at radius 1 is 1.36 bits per heavy atom. The minimum absolute atomic E-state index is 0.167. The van der Waals surface area contributed by atoms with Crippen molar-refractivity contribution in [2.75, 3.05) is 0 Å². The molecule has 0 aromatic heterocycles. The van der Waals surface area contributed by atoms with Crippen molar-refractivity contribution in [1.29, 1.82) is 0 Å². The fourth-order valence-electron chi connectivity index (χ4n) is 0.159. The van der Waals surface area contributed by atoms with Crippen LogP contribution in [0.2, 0.25) is 0 Å². The number of hydrogen-bond acceptors (Lipinski definition) is 5. The van der Waals surface area contributed by atoms with Gasteiger partial charge in [-0.1, -0.05) is 0 Å². The topological polar surface area (TPSA) is 125 Å². The smallest absolute Gasteiger partial charge is 0.450 e. The highest BCUT2D eigenvalue weighted by atomic mass is 16.7. The zero-order chi connectivity index (χ0) is 9.44. The van der Waals surface area contributed by atoms with Gasteiger partial charge in [-0.2, -0.15) is 0 Å². The highest BCUT2D eigenvalue weighted by Gasteiger charge is 1.97. The van der Waals surface area contributed by atoms with E-state index in [4.69, 9.17) is 22.3 Å². The average Bonchev–Trinajstić information content (AvgIpc) is 1.56. The zero-order valence-corrected chi connectivity index (χ0v) is 6.65. The van der Waals surface area contributed by atoms with Gasteiger partial charge in [-0.05, 0) is 13.8 Å². The van der Waals surface area contributed by atoms with Gasteiger partial charge in [-0.25, -0.2) is 4.79 Å². The molecule has 68 valence electrons. The largest absolute Gasteiger partial charge is 0.507 e. The maximum atomic E-state index is 9.51. The van der Waals surface area contributed by atoms with Gasteiger partial charge in [0.05, 0.1) is 0 Å². The summed E-state index contributed by atoms with van der Waals surface area (Å²) in [5.74, 6) is 0. The van der Waals surface area contributed by atoms with Crippen molar-refractivity contribution in [3.8, 4) is 0 Å². The minimum Gasteiger partial charge on any atom is -0.450 e. The third-order valence-electron chi connectivity index (χ3n) is 0.287. The maximum absolute atomic E-state index is 9.51. The van der Waals surface area contributed by atoms with E-state index in [9.17, 15) is 4.79 Å². The molecule has 0 aromatic carbocycles. The molecule has 0 saturated carbocycles. The Morgan fingerprint density at radius 2 is 1.64 bits per heavy atom. The number of carboxylic acid groups (broad SMARTS) is 1. The molecule has 1 atom stereocenters. The lowest BCUT2D eigenvalue weighted by Gasteiger charge is -2.00. The first-order valence-corrected chi connectivity index (χ1v) is 3.02. The van der Waals surface area contributed by atoms with Crippen LogP contribution < -0.4 is 17.2 Å². The first kappa shape index (κ1) is 12.8. The first-order valence-electron chi connectivity index (χ1n) is 3.02. The molecular weight excluding hydrogens is 150 g/mol. The van der Waals surface area contributed by atoms with Gasteiger partial charge in [-0.15, -0.1) is 0 Å². The lowest BCUT2D eigenvalue weighted by Crippen LogP contribution is -2.25. The third kappa shape index (κ3) is 47.1. The predicted molar refractivity (Wildman–Crippen MR) is 40.6 cm³/mol. The Labute approximate surface area is 65.3 Å². The molecule has 7 N–H and O–H groups in total. The van der Waals surface area contributed by atoms with E-state index < -0.39 is 12.4 Å². The Balaban J connectivity index is 0. The number of nitrogens with two attached hydrogens (primary N) is 3. The second-order valence-electron chi connectivity index (χ2n) is 1.95. The van der Waals surface area contributed by atoms with E-state index in [1.54, 1.807) is 6.92 Å². The number of carbonyl (C=O) groups is 1. The van der Waals surface area contributed by atoms with Gasteiger partial charge in [0.15, 0.2) is 6.23 Å². The number of ether oxygens (including phenoxy) is 1. The molecule has 0 aromatic rings. The summed E-state index contributed by atoms with van der Waals surface area (Å²) in [6, 6.07) is 0. The summed E-state index contributed by atoms with van der Waals surface area (Å²) < 4.78 is 3.94. The highest BCUT2D eigenvalue weighted by molar-refractivity contribution is 5.56. The van der Waals surface area contributed by atoms with Crippen LogP contribution in [0.4, 0.5) is 4.79 Å². The van der Waals surface area contributed by atoms with Crippen LogP contribution in [0.5, 0.6) is 0 Å². The molecule has 0 rings (SSSR count). The quantitative estimate of drug-likeness (QED) is 0.299. The van der Waals surface area contributed by atoms with Gasteiger partial charge < -0.3 is 21.3 Å². The third-order valence-corrected chi connectivity index (χ3v) is 0.287. The van der Waals surface area contributed by atoms with Crippen LogP contribution in [0, 0.1) is 0 Å². The fraction of sp³-hybridized carbons (Fsp3) is 0.800. The number of rotatable bonds is 1. The molecule has 0 saturated heterocycles. The second-order valence-corrected chi connectivity index (χ2v) is 1.95. The number of hydrogen-bond donors (Lipinski definition) is 4. The average molecular weight is 165 g/mol. The van der Waals surface area contributed by atoms with Crippen LogP contribution in [-0.2, 0) is 4.74 Å². The molecular formula is C5H15N3O3. The molecule has 11 heavy (non-hydrogen) atoms. The lowest BCUT2D eigenvalue weighted by atomic mass is 10.7. The van der Waals surface area contributed by atoms with Gasteiger partial charge in [0, 0.05) is 6.17 Å². The van der Waals surface area contributed by atoms with Crippen LogP contribution >= 0.6 is 0 Å². The van der Waals surface area contributed by atoms with Crippen molar-refractivity contribution >= 4 is 6.16 Å². The summed E-state index contributed by atoms with van der Waals surface area (Å²) in [5, 5.41) is 7.78. The molecule has 0 aliphatic heterocycles. The lowest BCUT2D eigenvalue weighted by molar-refractivity contribution is 0.0616. The standard InChI is InChI=1S/C3H7NO3.C2H8N2/c1-2(4)7-3(5)6;1-2(3)4/h2H,4H2,1H3,(H,5,6);2H,3-4H2,1H3. The van der Waals surface area contributed by atoms with Crippen LogP contribution in [0.3, 0.4) is 0 Å². The molecule has 0 radical (unpaired) electrons. The van der Waals surface area contributed by atoms with E-state index in [0.717, 1.165) is 0 Å². The summed E-state index contributed by atoms with van der Waals surface area (Å²) in [6.45, 7) is 3.16. The molecule has 0 aliphatic carbocycles. The van der Waals surface area contributed by atoms with E-state index in [0.29, 0.717) is 0 Å². The van der Waals surface area contributed by atoms with Crippen molar-refractivity contribution in [3.05, 3.63) is 0 Å². The van der Waals surface area contributed by atoms with Crippen LogP contribution in [0.25, 0.3) is 0 Å². The monoisotopic (exact) mass is 165 g/mol. The van der Waals surface area contributed by atoms with Crippen LogP contribution in [0.1, 0.15) is 13.8 Å². The predicted octanol–water partition coefficient (Wildman–Crippen LogP) is -0.764. The normalized spacial score (nSPS) is 11.5. The van der Waals surface area contributed by atoms with Crippen LogP contribution in [-0.4, -0.2) is 23.7 Å². The van der Waals surface area contributed by atoms with E-state index in [1.165, 1.54) is 6.92 Å². The summed E-state index contributed by atoms with van der Waals surface area (Å²) in [5.41, 5.74) is 14.7. The Morgan fingerprint density at radius 3 is 1.64 bits per heavy atom. The summed E-state index contributed by atoms with van der Waals surface area (Å²) in [6.07, 6.45) is -2.23. The molecule has 0 aliphatic rings.